The zero-order valence-corrected chi connectivity index (χ0v) is 11.0. The van der Waals surface area contributed by atoms with Crippen LogP contribution >= 0.6 is 0 Å². The predicted octanol–water partition coefficient (Wildman–Crippen LogP) is 2.82. The summed E-state index contributed by atoms with van der Waals surface area (Å²) < 4.78 is 5.44. The van der Waals surface area contributed by atoms with Crippen molar-refractivity contribution in [2.24, 2.45) is 5.73 Å². The number of nitrogens with two attached hydrogens (primary N) is 1. The number of hydrogen-bond donors (Lipinski definition) is 1. The first-order chi connectivity index (χ1) is 9.38. The molecule has 1 aliphatic rings. The molecule has 1 unspecified atom stereocenters. The highest BCUT2D eigenvalue weighted by atomic mass is 16.5. The SMILES string of the molecule is NCC(c1ccccc1)c1nc(C2CCCC2)no1. The van der Waals surface area contributed by atoms with E-state index in [0.717, 1.165) is 11.4 Å². The molecule has 1 aromatic heterocycles. The van der Waals surface area contributed by atoms with Gasteiger partial charge in [0.2, 0.25) is 5.89 Å². The minimum atomic E-state index is 0.00357. The Kier molecular flexibility index (Phi) is 3.60. The van der Waals surface area contributed by atoms with Crippen molar-refractivity contribution in [2.45, 2.75) is 37.5 Å². The van der Waals surface area contributed by atoms with Crippen molar-refractivity contribution >= 4 is 0 Å². The second-order valence-corrected chi connectivity index (χ2v) is 5.17. The largest absolute Gasteiger partial charge is 0.339 e. The number of hydrogen-bond acceptors (Lipinski definition) is 4. The standard InChI is InChI=1S/C15H19N3O/c16-10-13(11-6-2-1-3-7-11)15-17-14(18-19-15)12-8-4-5-9-12/h1-3,6-7,12-13H,4-5,8-10,16H2. The van der Waals surface area contributed by atoms with Crippen molar-refractivity contribution in [3.05, 3.63) is 47.6 Å². The summed E-state index contributed by atoms with van der Waals surface area (Å²) in [5.41, 5.74) is 7.00. The second-order valence-electron chi connectivity index (χ2n) is 5.17. The normalized spacial score (nSPS) is 17.7. The highest BCUT2D eigenvalue weighted by Crippen LogP contribution is 2.33. The van der Waals surface area contributed by atoms with E-state index in [-0.39, 0.29) is 5.92 Å². The van der Waals surface area contributed by atoms with Gasteiger partial charge in [-0.25, -0.2) is 0 Å². The summed E-state index contributed by atoms with van der Waals surface area (Å²) in [6.45, 7) is 0.482. The third-order valence-corrected chi connectivity index (χ3v) is 3.91. The summed E-state index contributed by atoms with van der Waals surface area (Å²) in [4.78, 5) is 4.58. The van der Waals surface area contributed by atoms with Gasteiger partial charge in [0.1, 0.15) is 0 Å². The summed E-state index contributed by atoms with van der Waals surface area (Å²) >= 11 is 0. The lowest BCUT2D eigenvalue weighted by Crippen LogP contribution is -2.14. The van der Waals surface area contributed by atoms with Gasteiger partial charge in [-0.05, 0) is 18.4 Å². The van der Waals surface area contributed by atoms with Gasteiger partial charge in [0.15, 0.2) is 5.82 Å². The third kappa shape index (κ3) is 2.54. The van der Waals surface area contributed by atoms with Crippen molar-refractivity contribution in [3.8, 4) is 0 Å². The summed E-state index contributed by atoms with van der Waals surface area (Å²) in [5, 5.41) is 4.15. The molecule has 1 saturated carbocycles. The number of rotatable bonds is 4. The van der Waals surface area contributed by atoms with Crippen molar-refractivity contribution < 1.29 is 4.52 Å². The Morgan fingerprint density at radius 2 is 1.95 bits per heavy atom. The molecule has 3 rings (SSSR count). The fourth-order valence-electron chi connectivity index (χ4n) is 2.80. The Balaban J connectivity index is 1.84. The summed E-state index contributed by atoms with van der Waals surface area (Å²) in [5.74, 6) is 1.99. The summed E-state index contributed by atoms with van der Waals surface area (Å²) in [6, 6.07) is 10.1. The van der Waals surface area contributed by atoms with Gasteiger partial charge < -0.3 is 10.3 Å². The van der Waals surface area contributed by atoms with Crippen LogP contribution in [0.15, 0.2) is 34.9 Å². The molecule has 4 nitrogen and oxygen atoms in total. The average molecular weight is 257 g/mol. The van der Waals surface area contributed by atoms with Gasteiger partial charge in [-0.1, -0.05) is 48.3 Å². The molecular formula is C15H19N3O. The molecule has 2 N–H and O–H groups in total. The van der Waals surface area contributed by atoms with Gasteiger partial charge in [0.05, 0.1) is 5.92 Å². The minimum absolute atomic E-state index is 0.00357. The first kappa shape index (κ1) is 12.4. The number of nitrogens with zero attached hydrogens (tertiary/aromatic N) is 2. The molecular weight excluding hydrogens is 238 g/mol. The monoisotopic (exact) mass is 257 g/mol. The molecule has 0 spiro atoms. The van der Waals surface area contributed by atoms with E-state index < -0.39 is 0 Å². The van der Waals surface area contributed by atoms with Gasteiger partial charge in [-0.3, -0.25) is 0 Å². The molecule has 100 valence electrons. The van der Waals surface area contributed by atoms with Gasteiger partial charge in [-0.15, -0.1) is 0 Å². The van der Waals surface area contributed by atoms with Crippen molar-refractivity contribution in [3.63, 3.8) is 0 Å². The van der Waals surface area contributed by atoms with Crippen LogP contribution in [0, 0.1) is 0 Å². The van der Waals surface area contributed by atoms with E-state index in [4.69, 9.17) is 10.3 Å². The highest BCUT2D eigenvalue weighted by Gasteiger charge is 2.25. The fourth-order valence-corrected chi connectivity index (χ4v) is 2.80. The topological polar surface area (TPSA) is 64.9 Å². The minimum Gasteiger partial charge on any atom is -0.339 e. The lowest BCUT2D eigenvalue weighted by Gasteiger charge is -2.09. The van der Waals surface area contributed by atoms with Gasteiger partial charge in [0, 0.05) is 12.5 Å². The van der Waals surface area contributed by atoms with E-state index in [9.17, 15) is 0 Å². The van der Waals surface area contributed by atoms with Crippen LogP contribution in [0.25, 0.3) is 0 Å². The molecule has 4 heteroatoms. The molecule has 1 fully saturated rings. The van der Waals surface area contributed by atoms with Crippen LogP contribution in [0.4, 0.5) is 0 Å². The van der Waals surface area contributed by atoms with Crippen LogP contribution in [0.5, 0.6) is 0 Å². The summed E-state index contributed by atoms with van der Waals surface area (Å²) in [6.07, 6.45) is 4.90. The molecule has 1 atom stereocenters. The lowest BCUT2D eigenvalue weighted by atomic mass is 9.99. The van der Waals surface area contributed by atoms with Crippen LogP contribution in [-0.4, -0.2) is 16.7 Å². The van der Waals surface area contributed by atoms with Crippen LogP contribution in [0.2, 0.25) is 0 Å². The Morgan fingerprint density at radius 3 is 2.63 bits per heavy atom. The van der Waals surface area contributed by atoms with Gasteiger partial charge >= 0.3 is 0 Å². The van der Waals surface area contributed by atoms with E-state index in [2.05, 4.69) is 22.3 Å². The average Bonchev–Trinajstić information content (AvgIpc) is 3.11. The zero-order chi connectivity index (χ0) is 13.1. The van der Waals surface area contributed by atoms with E-state index in [1.54, 1.807) is 0 Å². The van der Waals surface area contributed by atoms with Crippen LogP contribution in [0.3, 0.4) is 0 Å². The maximum atomic E-state index is 5.87. The molecule has 1 aromatic carbocycles. The lowest BCUT2D eigenvalue weighted by molar-refractivity contribution is 0.359. The third-order valence-electron chi connectivity index (χ3n) is 3.91. The quantitative estimate of drug-likeness (QED) is 0.914. The van der Waals surface area contributed by atoms with E-state index in [1.165, 1.54) is 25.7 Å². The predicted molar refractivity (Wildman–Crippen MR) is 72.8 cm³/mol. The maximum Gasteiger partial charge on any atom is 0.235 e. The Labute approximate surface area is 113 Å². The molecule has 0 amide bonds. The molecule has 0 radical (unpaired) electrons. The Morgan fingerprint density at radius 1 is 1.21 bits per heavy atom. The number of aromatic nitrogens is 2. The number of benzene rings is 1. The van der Waals surface area contributed by atoms with Crippen LogP contribution in [-0.2, 0) is 0 Å². The van der Waals surface area contributed by atoms with Gasteiger partial charge in [-0.2, -0.15) is 4.98 Å². The summed E-state index contributed by atoms with van der Waals surface area (Å²) in [7, 11) is 0. The van der Waals surface area contributed by atoms with Crippen molar-refractivity contribution in [1.82, 2.24) is 10.1 Å². The first-order valence-corrected chi connectivity index (χ1v) is 6.97. The van der Waals surface area contributed by atoms with Crippen LogP contribution in [0.1, 0.15) is 54.8 Å². The van der Waals surface area contributed by atoms with Crippen LogP contribution < -0.4 is 5.73 Å². The van der Waals surface area contributed by atoms with Crippen molar-refractivity contribution in [1.29, 1.82) is 0 Å². The second kappa shape index (κ2) is 5.53. The maximum absolute atomic E-state index is 5.87. The smallest absolute Gasteiger partial charge is 0.235 e. The van der Waals surface area contributed by atoms with Gasteiger partial charge in [0.25, 0.3) is 0 Å². The van der Waals surface area contributed by atoms with Crippen molar-refractivity contribution in [2.75, 3.05) is 6.54 Å². The van der Waals surface area contributed by atoms with E-state index in [0.29, 0.717) is 18.4 Å². The Hall–Kier alpha value is -1.68. The highest BCUT2D eigenvalue weighted by molar-refractivity contribution is 5.25. The zero-order valence-electron chi connectivity index (χ0n) is 11.0. The molecule has 19 heavy (non-hydrogen) atoms. The molecule has 0 bridgehead atoms. The molecule has 0 saturated heterocycles. The van der Waals surface area contributed by atoms with E-state index >= 15 is 0 Å². The molecule has 1 heterocycles. The molecule has 0 aliphatic heterocycles. The molecule has 2 aromatic rings. The Bertz CT molecular complexity index is 517. The fraction of sp³-hybridized carbons (Fsp3) is 0.467. The van der Waals surface area contributed by atoms with E-state index in [1.807, 2.05) is 18.2 Å². The first-order valence-electron chi connectivity index (χ1n) is 6.97. The molecule has 1 aliphatic carbocycles.